The minimum absolute atomic E-state index is 1.03. The van der Waals surface area contributed by atoms with Crippen molar-refractivity contribution < 1.29 is 0 Å². The van der Waals surface area contributed by atoms with E-state index in [1.807, 2.05) is 0 Å². The zero-order chi connectivity index (χ0) is 34.2. The first kappa shape index (κ1) is 29.1. The maximum atomic E-state index is 2.51. The molecule has 11 rings (SSSR count). The Morgan fingerprint density at radius 2 is 1.10 bits per heavy atom. The molecule has 0 N–H and O–H groups in total. The quantitative estimate of drug-likeness (QED) is 0.177. The van der Waals surface area contributed by atoms with Gasteiger partial charge in [0.05, 0.1) is 22.2 Å². The van der Waals surface area contributed by atoms with E-state index in [0.717, 1.165) is 12.8 Å². The van der Waals surface area contributed by atoms with Crippen LogP contribution >= 0.6 is 0 Å². The number of rotatable bonds is 4. The van der Waals surface area contributed by atoms with E-state index < -0.39 is 0 Å². The number of hydrogen-bond donors (Lipinski definition) is 0. The van der Waals surface area contributed by atoms with Gasteiger partial charge in [0.2, 0.25) is 0 Å². The van der Waals surface area contributed by atoms with Crippen molar-refractivity contribution in [2.45, 2.75) is 12.8 Å². The van der Waals surface area contributed by atoms with Crippen LogP contribution in [-0.4, -0.2) is 9.13 Å². The van der Waals surface area contributed by atoms with E-state index in [1.54, 1.807) is 0 Å². The van der Waals surface area contributed by atoms with Crippen LogP contribution in [0.3, 0.4) is 0 Å². The summed E-state index contributed by atoms with van der Waals surface area (Å²) in [5.41, 5.74) is 13.9. The van der Waals surface area contributed by atoms with E-state index >= 15 is 0 Å². The fourth-order valence-corrected chi connectivity index (χ4v) is 8.79. The predicted octanol–water partition coefficient (Wildman–Crippen LogP) is 13.3. The lowest BCUT2D eigenvalue weighted by atomic mass is 9.98. The molecular formula is C50H34N2. The number of hydrogen-bond acceptors (Lipinski definition) is 0. The van der Waals surface area contributed by atoms with Crippen LogP contribution in [0.4, 0.5) is 0 Å². The highest BCUT2D eigenvalue weighted by Gasteiger charge is 2.21. The molecule has 8 aromatic carbocycles. The number of allylic oxidation sites excluding steroid dienone is 1. The van der Waals surface area contributed by atoms with Crippen LogP contribution in [0.15, 0.2) is 176 Å². The second-order valence-electron chi connectivity index (χ2n) is 14.0. The Kier molecular flexibility index (Phi) is 6.41. The van der Waals surface area contributed by atoms with E-state index in [0.29, 0.717) is 0 Å². The standard InChI is InChI=1S/C50H34N2/c1-2-12-33(13-3-1)39-20-10-16-37-30-38(26-27-40(37)39)51-47-21-8-6-18-42(47)44-31-35(24-28-49(44)51)36-25-29-50-45(32-36)43-19-7-9-22-48(43)52(50)46-23-11-15-34-14-4-5-17-41(34)46/h1-7,9-20,22-32H,8,21H2. The van der Waals surface area contributed by atoms with Crippen molar-refractivity contribution in [1.29, 1.82) is 0 Å². The summed E-state index contributed by atoms with van der Waals surface area (Å²) in [6.07, 6.45) is 6.76. The lowest BCUT2D eigenvalue weighted by molar-refractivity contribution is 0.889. The van der Waals surface area contributed by atoms with Crippen LogP contribution in [0, 0.1) is 0 Å². The van der Waals surface area contributed by atoms with Crippen molar-refractivity contribution in [3.8, 4) is 33.6 Å². The molecule has 0 unspecified atom stereocenters. The zero-order valence-electron chi connectivity index (χ0n) is 28.6. The molecule has 1 aliphatic carbocycles. The molecular weight excluding hydrogens is 629 g/mol. The molecule has 0 saturated carbocycles. The summed E-state index contributed by atoms with van der Waals surface area (Å²) in [7, 11) is 0. The Morgan fingerprint density at radius 3 is 1.98 bits per heavy atom. The lowest BCUT2D eigenvalue weighted by Crippen LogP contribution is -2.03. The van der Waals surface area contributed by atoms with Crippen molar-refractivity contribution in [2.75, 3.05) is 0 Å². The first-order valence-corrected chi connectivity index (χ1v) is 18.2. The number of para-hydroxylation sites is 1. The van der Waals surface area contributed by atoms with E-state index in [1.165, 1.54) is 99.1 Å². The highest BCUT2D eigenvalue weighted by atomic mass is 15.0. The molecule has 2 heteroatoms. The average molecular weight is 663 g/mol. The molecule has 10 aromatic rings. The van der Waals surface area contributed by atoms with Gasteiger partial charge in [0.25, 0.3) is 0 Å². The van der Waals surface area contributed by atoms with E-state index in [9.17, 15) is 0 Å². The van der Waals surface area contributed by atoms with Gasteiger partial charge >= 0.3 is 0 Å². The van der Waals surface area contributed by atoms with Gasteiger partial charge in [0, 0.05) is 38.5 Å². The van der Waals surface area contributed by atoms with E-state index in [2.05, 4.69) is 191 Å². The summed E-state index contributed by atoms with van der Waals surface area (Å²) in [6, 6.07) is 62.5. The predicted molar refractivity (Wildman–Crippen MR) is 221 cm³/mol. The SMILES string of the molecule is C1=Cc2c(n(-c3ccc4c(-c5ccccc5)cccc4c3)c3ccc(-c4ccc5c(c4)c4ccccc4n5-c4cccc5ccccc45)cc23)CC1. The second kappa shape index (κ2) is 11.4. The number of aromatic nitrogens is 2. The summed E-state index contributed by atoms with van der Waals surface area (Å²) < 4.78 is 4.95. The largest absolute Gasteiger partial charge is 0.313 e. The number of benzene rings is 8. The molecule has 244 valence electrons. The fraction of sp³-hybridized carbons (Fsp3) is 0.0400. The first-order chi connectivity index (χ1) is 25.8. The molecule has 1 aliphatic rings. The van der Waals surface area contributed by atoms with Gasteiger partial charge in [-0.2, -0.15) is 0 Å². The molecule has 0 spiro atoms. The highest BCUT2D eigenvalue weighted by Crippen LogP contribution is 2.40. The molecule has 0 aliphatic heterocycles. The van der Waals surface area contributed by atoms with Gasteiger partial charge in [-0.1, -0.05) is 133 Å². The Hall–Kier alpha value is -6.64. The molecule has 2 aromatic heterocycles. The molecule has 0 fully saturated rings. The Morgan fingerprint density at radius 1 is 0.404 bits per heavy atom. The van der Waals surface area contributed by atoms with Gasteiger partial charge in [-0.15, -0.1) is 0 Å². The third-order valence-corrected chi connectivity index (χ3v) is 11.2. The molecule has 0 radical (unpaired) electrons. The normalized spacial score (nSPS) is 12.8. The summed E-state index contributed by atoms with van der Waals surface area (Å²) in [6.45, 7) is 0. The highest BCUT2D eigenvalue weighted by molar-refractivity contribution is 6.12. The van der Waals surface area contributed by atoms with Crippen LogP contribution in [0.1, 0.15) is 17.7 Å². The van der Waals surface area contributed by atoms with Crippen LogP contribution < -0.4 is 0 Å². The van der Waals surface area contributed by atoms with Gasteiger partial charge < -0.3 is 9.13 Å². The zero-order valence-corrected chi connectivity index (χ0v) is 28.6. The summed E-state index contributed by atoms with van der Waals surface area (Å²) in [4.78, 5) is 0. The monoisotopic (exact) mass is 662 g/mol. The van der Waals surface area contributed by atoms with E-state index in [-0.39, 0.29) is 0 Å². The number of fused-ring (bicyclic) bond motifs is 8. The summed E-state index contributed by atoms with van der Waals surface area (Å²) >= 11 is 0. The second-order valence-corrected chi connectivity index (χ2v) is 14.0. The van der Waals surface area contributed by atoms with Gasteiger partial charge in [-0.25, -0.2) is 0 Å². The van der Waals surface area contributed by atoms with Crippen molar-refractivity contribution in [1.82, 2.24) is 9.13 Å². The minimum atomic E-state index is 1.03. The molecule has 0 amide bonds. The van der Waals surface area contributed by atoms with Crippen LogP contribution in [0.25, 0.3) is 94.0 Å². The lowest BCUT2D eigenvalue weighted by Gasteiger charge is -2.15. The maximum Gasteiger partial charge on any atom is 0.0541 e. The Labute approximate surface area is 302 Å². The Bertz CT molecular complexity index is 3060. The molecule has 0 bridgehead atoms. The van der Waals surface area contributed by atoms with Gasteiger partial charge in [0.15, 0.2) is 0 Å². The van der Waals surface area contributed by atoms with Gasteiger partial charge in [0.1, 0.15) is 0 Å². The summed E-state index contributed by atoms with van der Waals surface area (Å²) in [5, 5.41) is 8.89. The maximum absolute atomic E-state index is 2.51. The minimum Gasteiger partial charge on any atom is -0.313 e. The topological polar surface area (TPSA) is 9.86 Å². The molecule has 52 heavy (non-hydrogen) atoms. The van der Waals surface area contributed by atoms with Crippen LogP contribution in [0.2, 0.25) is 0 Å². The third kappa shape index (κ3) is 4.37. The smallest absolute Gasteiger partial charge is 0.0541 e. The average Bonchev–Trinajstić information content (AvgIpc) is 3.72. The van der Waals surface area contributed by atoms with Crippen LogP contribution in [0.5, 0.6) is 0 Å². The third-order valence-electron chi connectivity index (χ3n) is 11.2. The summed E-state index contributed by atoms with van der Waals surface area (Å²) in [5.74, 6) is 0. The van der Waals surface area contributed by atoms with Crippen molar-refractivity contribution >= 4 is 60.3 Å². The van der Waals surface area contributed by atoms with Crippen molar-refractivity contribution in [2.24, 2.45) is 0 Å². The van der Waals surface area contributed by atoms with Gasteiger partial charge in [-0.3, -0.25) is 0 Å². The first-order valence-electron chi connectivity index (χ1n) is 18.2. The van der Waals surface area contributed by atoms with E-state index in [4.69, 9.17) is 0 Å². The Balaban J connectivity index is 1.07. The van der Waals surface area contributed by atoms with Crippen LogP contribution in [-0.2, 0) is 6.42 Å². The molecule has 0 atom stereocenters. The number of nitrogens with zero attached hydrogens (tertiary/aromatic N) is 2. The van der Waals surface area contributed by atoms with Crippen molar-refractivity contribution in [3.63, 3.8) is 0 Å². The molecule has 2 nitrogen and oxygen atoms in total. The fourth-order valence-electron chi connectivity index (χ4n) is 8.79. The molecule has 2 heterocycles. The van der Waals surface area contributed by atoms with Gasteiger partial charge in [-0.05, 0) is 99.8 Å². The molecule has 0 saturated heterocycles. The van der Waals surface area contributed by atoms with Crippen molar-refractivity contribution in [3.05, 3.63) is 187 Å².